The molecule has 0 atom stereocenters. The van der Waals surface area contributed by atoms with Gasteiger partial charge in [-0.3, -0.25) is 9.67 Å². The molecule has 0 aliphatic rings. The molecule has 0 aliphatic carbocycles. The first-order valence-electron chi connectivity index (χ1n) is 7.95. The van der Waals surface area contributed by atoms with Crippen LogP contribution in [0.3, 0.4) is 0 Å². The zero-order valence-corrected chi connectivity index (χ0v) is 15.6. The number of benzene rings is 2. The summed E-state index contributed by atoms with van der Waals surface area (Å²) in [6.07, 6.45) is 0. The van der Waals surface area contributed by atoms with Gasteiger partial charge in [-0.2, -0.15) is 5.10 Å². The van der Waals surface area contributed by atoms with Crippen molar-refractivity contribution >= 4 is 24.0 Å². The van der Waals surface area contributed by atoms with E-state index in [2.05, 4.69) is 77.1 Å². The van der Waals surface area contributed by atoms with Gasteiger partial charge < -0.3 is 0 Å². The maximum absolute atomic E-state index is 5.40. The smallest absolute Gasteiger partial charge is 0.195 e. The van der Waals surface area contributed by atoms with E-state index < -0.39 is 0 Å². The maximum atomic E-state index is 5.40. The van der Waals surface area contributed by atoms with Gasteiger partial charge in [-0.15, -0.1) is 11.8 Å². The summed E-state index contributed by atoms with van der Waals surface area (Å²) in [7, 11) is 0. The van der Waals surface area contributed by atoms with Crippen LogP contribution in [-0.2, 0) is 18.1 Å². The summed E-state index contributed by atoms with van der Waals surface area (Å²) < 4.78 is 2.77. The van der Waals surface area contributed by atoms with Crippen molar-refractivity contribution in [3.63, 3.8) is 0 Å². The van der Waals surface area contributed by atoms with E-state index >= 15 is 0 Å². The van der Waals surface area contributed by atoms with Gasteiger partial charge in [-0.1, -0.05) is 54.1 Å². The maximum Gasteiger partial charge on any atom is 0.195 e. The summed E-state index contributed by atoms with van der Waals surface area (Å²) in [5.74, 6) is 2.82. The minimum atomic E-state index is 0.682. The molecule has 0 fully saturated rings. The summed E-state index contributed by atoms with van der Waals surface area (Å²) in [5.41, 5.74) is 5.22. The number of nitrogens with one attached hydrogen (secondary N) is 1. The lowest BCUT2D eigenvalue weighted by Gasteiger charge is -2.08. The topological polar surface area (TPSA) is 33.6 Å². The van der Waals surface area contributed by atoms with E-state index in [4.69, 9.17) is 12.2 Å². The van der Waals surface area contributed by atoms with Crippen molar-refractivity contribution < 1.29 is 0 Å². The molecular formula is C19H21N3S2. The molecule has 0 radical (unpaired) electrons. The highest BCUT2D eigenvalue weighted by Gasteiger charge is 2.08. The van der Waals surface area contributed by atoms with Crippen LogP contribution in [0.25, 0.3) is 0 Å². The Morgan fingerprint density at radius 1 is 1.04 bits per heavy atom. The molecule has 1 N–H and O–H groups in total. The van der Waals surface area contributed by atoms with Crippen LogP contribution in [-0.4, -0.2) is 14.8 Å². The molecule has 1 aromatic heterocycles. The molecular weight excluding hydrogens is 334 g/mol. The normalized spacial score (nSPS) is 10.9. The second-order valence-corrected chi connectivity index (χ2v) is 7.31. The summed E-state index contributed by atoms with van der Waals surface area (Å²) in [6, 6.07) is 17.1. The Morgan fingerprint density at radius 3 is 2.54 bits per heavy atom. The van der Waals surface area contributed by atoms with Crippen molar-refractivity contribution in [1.82, 2.24) is 14.8 Å². The van der Waals surface area contributed by atoms with Gasteiger partial charge in [0.15, 0.2) is 4.77 Å². The van der Waals surface area contributed by atoms with Crippen LogP contribution in [0.2, 0.25) is 0 Å². The molecule has 3 rings (SSSR count). The first kappa shape index (κ1) is 17.0. The second kappa shape index (κ2) is 7.81. The van der Waals surface area contributed by atoms with Crippen molar-refractivity contribution in [2.45, 2.75) is 31.9 Å². The van der Waals surface area contributed by atoms with Gasteiger partial charge in [0.25, 0.3) is 0 Å². The number of thioether (sulfide) groups is 1. The number of hydrogen-bond acceptors (Lipinski definition) is 3. The molecule has 0 saturated carbocycles. The van der Waals surface area contributed by atoms with Crippen LogP contribution in [0.15, 0.2) is 48.5 Å². The number of H-pyrrole nitrogens is 1. The van der Waals surface area contributed by atoms with Crippen LogP contribution in [0.5, 0.6) is 0 Å². The van der Waals surface area contributed by atoms with Gasteiger partial charge in [0.2, 0.25) is 0 Å². The van der Waals surface area contributed by atoms with Crippen LogP contribution in [0.4, 0.5) is 0 Å². The summed E-state index contributed by atoms with van der Waals surface area (Å²) >= 11 is 7.26. The summed E-state index contributed by atoms with van der Waals surface area (Å²) in [4.78, 5) is 0. The molecule has 5 heteroatoms. The highest BCUT2D eigenvalue weighted by Crippen LogP contribution is 2.20. The van der Waals surface area contributed by atoms with E-state index in [0.717, 1.165) is 23.9 Å². The van der Waals surface area contributed by atoms with Crippen molar-refractivity contribution in [2.75, 3.05) is 0 Å². The van der Waals surface area contributed by atoms with E-state index in [1.54, 1.807) is 0 Å². The van der Waals surface area contributed by atoms with E-state index in [0.29, 0.717) is 4.77 Å². The molecule has 1 heterocycles. The minimum Gasteiger partial charge on any atom is -0.299 e. The van der Waals surface area contributed by atoms with Crippen LogP contribution < -0.4 is 0 Å². The average Bonchev–Trinajstić information content (AvgIpc) is 2.92. The third kappa shape index (κ3) is 4.16. The Labute approximate surface area is 152 Å². The van der Waals surface area contributed by atoms with Crippen LogP contribution in [0.1, 0.15) is 28.1 Å². The number of aromatic amines is 1. The molecule has 124 valence electrons. The monoisotopic (exact) mass is 355 g/mol. The van der Waals surface area contributed by atoms with E-state index in [1.807, 2.05) is 11.8 Å². The molecule has 0 spiro atoms. The third-order valence-electron chi connectivity index (χ3n) is 4.05. The minimum absolute atomic E-state index is 0.682. The number of nitrogens with zero attached hydrogens (tertiary/aromatic N) is 2. The van der Waals surface area contributed by atoms with Crippen LogP contribution in [0, 0.1) is 18.6 Å². The van der Waals surface area contributed by atoms with Crippen molar-refractivity contribution in [2.24, 2.45) is 0 Å². The number of hydrogen-bond donors (Lipinski definition) is 1. The molecule has 0 unspecified atom stereocenters. The standard InChI is InChI=1S/C19H21N3S2/c1-14-7-9-16(10-8-14)11-22-18(20-21-19(22)23)13-24-12-17-6-4-3-5-15(17)2/h3-10H,11-13H2,1-2H3,(H,21,23). The van der Waals surface area contributed by atoms with Gasteiger partial charge >= 0.3 is 0 Å². The van der Waals surface area contributed by atoms with Gasteiger partial charge in [0.05, 0.1) is 12.3 Å². The molecule has 0 aliphatic heterocycles. The van der Waals surface area contributed by atoms with E-state index in [1.165, 1.54) is 22.3 Å². The highest BCUT2D eigenvalue weighted by molar-refractivity contribution is 7.97. The fourth-order valence-electron chi connectivity index (χ4n) is 2.52. The Hall–Kier alpha value is -1.85. The number of aromatic nitrogens is 3. The first-order chi connectivity index (χ1) is 11.6. The SMILES string of the molecule is Cc1ccc(Cn2c(CSCc3ccccc3C)n[nH]c2=S)cc1. The predicted octanol–water partition coefficient (Wildman–Crippen LogP) is 5.04. The first-order valence-corrected chi connectivity index (χ1v) is 9.51. The predicted molar refractivity (Wildman–Crippen MR) is 104 cm³/mol. The fraction of sp³-hybridized carbons (Fsp3) is 0.263. The third-order valence-corrected chi connectivity index (χ3v) is 5.34. The zero-order chi connectivity index (χ0) is 16.9. The summed E-state index contributed by atoms with van der Waals surface area (Å²) in [5, 5.41) is 7.34. The lowest BCUT2D eigenvalue weighted by molar-refractivity contribution is 0.746. The van der Waals surface area contributed by atoms with Crippen molar-refractivity contribution in [3.8, 4) is 0 Å². The lowest BCUT2D eigenvalue weighted by atomic mass is 10.1. The Bertz CT molecular complexity index is 863. The van der Waals surface area contributed by atoms with Gasteiger partial charge in [0.1, 0.15) is 5.82 Å². The van der Waals surface area contributed by atoms with Crippen molar-refractivity contribution in [3.05, 3.63) is 81.4 Å². The van der Waals surface area contributed by atoms with Crippen molar-refractivity contribution in [1.29, 1.82) is 0 Å². The molecule has 0 amide bonds. The van der Waals surface area contributed by atoms with E-state index in [-0.39, 0.29) is 0 Å². The van der Waals surface area contributed by atoms with E-state index in [9.17, 15) is 0 Å². The number of aryl methyl sites for hydroxylation is 2. The molecule has 24 heavy (non-hydrogen) atoms. The van der Waals surface area contributed by atoms with Gasteiger partial charge in [0, 0.05) is 5.75 Å². The summed E-state index contributed by atoms with van der Waals surface area (Å²) in [6.45, 7) is 5.01. The Balaban J connectivity index is 1.67. The van der Waals surface area contributed by atoms with Gasteiger partial charge in [-0.25, -0.2) is 0 Å². The lowest BCUT2D eigenvalue weighted by Crippen LogP contribution is -2.05. The molecule has 3 nitrogen and oxygen atoms in total. The zero-order valence-electron chi connectivity index (χ0n) is 14.0. The largest absolute Gasteiger partial charge is 0.299 e. The van der Waals surface area contributed by atoms with Gasteiger partial charge in [-0.05, 0) is 42.8 Å². The second-order valence-electron chi connectivity index (χ2n) is 5.94. The number of rotatable bonds is 6. The highest BCUT2D eigenvalue weighted by atomic mass is 32.2. The van der Waals surface area contributed by atoms with Crippen LogP contribution >= 0.6 is 24.0 Å². The molecule has 2 aromatic carbocycles. The molecule has 3 aromatic rings. The molecule has 0 bridgehead atoms. The quantitative estimate of drug-likeness (QED) is 0.629. The molecule has 0 saturated heterocycles. The average molecular weight is 356 g/mol. The Kier molecular flexibility index (Phi) is 5.53. The fourth-order valence-corrected chi connectivity index (χ4v) is 3.79. The Morgan fingerprint density at radius 2 is 1.79 bits per heavy atom.